The number of pyridine rings is 2. The molecular formula is C23H29F2N5O5S. The maximum absolute atomic E-state index is 13.9. The Labute approximate surface area is 208 Å². The lowest BCUT2D eigenvalue weighted by molar-refractivity contribution is -0.0102. The SMILES string of the molecule is Cc1ccc(C(=O)Nc2ccnc(S(=O)(=O)NC(=O)OC(C)(C)C)c2)c(N2CCCC(F)(F)CC2)n1. The minimum absolute atomic E-state index is 0.0394. The van der Waals surface area contributed by atoms with E-state index < -0.39 is 38.6 Å². The Morgan fingerprint density at radius 1 is 1.14 bits per heavy atom. The molecule has 36 heavy (non-hydrogen) atoms. The zero-order chi connectivity index (χ0) is 26.7. The third kappa shape index (κ3) is 7.33. The molecular weight excluding hydrogens is 496 g/mol. The summed E-state index contributed by atoms with van der Waals surface area (Å²) >= 11 is 0. The van der Waals surface area contributed by atoms with Crippen LogP contribution in [0.1, 0.15) is 56.1 Å². The summed E-state index contributed by atoms with van der Waals surface area (Å²) in [6, 6.07) is 5.62. The van der Waals surface area contributed by atoms with Crippen molar-refractivity contribution in [3.63, 3.8) is 0 Å². The minimum Gasteiger partial charge on any atom is -0.443 e. The molecule has 0 aromatic carbocycles. The molecule has 0 saturated carbocycles. The second-order valence-corrected chi connectivity index (χ2v) is 11.1. The first kappa shape index (κ1) is 27.2. The van der Waals surface area contributed by atoms with Gasteiger partial charge < -0.3 is 15.0 Å². The van der Waals surface area contributed by atoms with Crippen molar-refractivity contribution in [1.82, 2.24) is 14.7 Å². The van der Waals surface area contributed by atoms with Crippen LogP contribution < -0.4 is 14.9 Å². The van der Waals surface area contributed by atoms with Crippen molar-refractivity contribution < 1.29 is 31.5 Å². The fourth-order valence-corrected chi connectivity index (χ4v) is 4.38. The van der Waals surface area contributed by atoms with Gasteiger partial charge in [-0.1, -0.05) is 0 Å². The average molecular weight is 526 g/mol. The Bertz CT molecular complexity index is 1250. The van der Waals surface area contributed by atoms with Gasteiger partial charge in [-0.25, -0.2) is 28.3 Å². The second kappa shape index (κ2) is 10.3. The molecule has 0 aliphatic carbocycles. The maximum atomic E-state index is 13.9. The number of alkyl halides is 2. The lowest BCUT2D eigenvalue weighted by atomic mass is 10.1. The van der Waals surface area contributed by atoms with Gasteiger partial charge in [-0.05, 0) is 52.3 Å². The molecule has 2 aromatic rings. The van der Waals surface area contributed by atoms with Crippen LogP contribution in [-0.2, 0) is 14.8 Å². The highest BCUT2D eigenvalue weighted by molar-refractivity contribution is 7.90. The van der Waals surface area contributed by atoms with Crippen LogP contribution in [0.3, 0.4) is 0 Å². The van der Waals surface area contributed by atoms with E-state index in [1.807, 2.05) is 0 Å². The summed E-state index contributed by atoms with van der Waals surface area (Å²) in [6.45, 7) is 6.84. The number of rotatable bonds is 5. The first-order valence-corrected chi connectivity index (χ1v) is 12.8. The van der Waals surface area contributed by atoms with Crippen LogP contribution in [0.2, 0.25) is 0 Å². The Kier molecular flexibility index (Phi) is 7.82. The highest BCUT2D eigenvalue weighted by atomic mass is 32.2. The van der Waals surface area contributed by atoms with Gasteiger partial charge in [0.25, 0.3) is 15.9 Å². The van der Waals surface area contributed by atoms with Crippen LogP contribution in [0.25, 0.3) is 0 Å². The van der Waals surface area contributed by atoms with E-state index in [2.05, 4.69) is 15.3 Å². The van der Waals surface area contributed by atoms with Crippen molar-refractivity contribution in [2.45, 2.75) is 63.5 Å². The minimum atomic E-state index is -4.38. The molecule has 2 amide bonds. The van der Waals surface area contributed by atoms with Gasteiger partial charge >= 0.3 is 6.09 Å². The van der Waals surface area contributed by atoms with Gasteiger partial charge in [0.05, 0.1) is 5.56 Å². The number of nitrogens with one attached hydrogen (secondary N) is 2. The van der Waals surface area contributed by atoms with Crippen LogP contribution in [0.4, 0.5) is 25.1 Å². The Balaban J connectivity index is 1.81. The summed E-state index contributed by atoms with van der Waals surface area (Å²) in [7, 11) is -4.38. The fourth-order valence-electron chi connectivity index (χ4n) is 3.53. The van der Waals surface area contributed by atoms with Crippen LogP contribution in [0, 0.1) is 6.92 Å². The highest BCUT2D eigenvalue weighted by Crippen LogP contribution is 2.31. The highest BCUT2D eigenvalue weighted by Gasteiger charge is 2.33. The van der Waals surface area contributed by atoms with E-state index in [-0.39, 0.29) is 42.9 Å². The molecule has 13 heteroatoms. The van der Waals surface area contributed by atoms with E-state index in [4.69, 9.17) is 4.74 Å². The van der Waals surface area contributed by atoms with Gasteiger partial charge in [0, 0.05) is 49.6 Å². The van der Waals surface area contributed by atoms with Crippen LogP contribution in [0.5, 0.6) is 0 Å². The average Bonchev–Trinajstić information content (AvgIpc) is 2.92. The third-order valence-corrected chi connectivity index (χ3v) is 6.37. The van der Waals surface area contributed by atoms with Crippen LogP contribution in [0.15, 0.2) is 35.5 Å². The van der Waals surface area contributed by atoms with Crippen molar-refractivity contribution in [2.75, 3.05) is 23.3 Å². The largest absolute Gasteiger partial charge is 0.443 e. The molecule has 196 valence electrons. The number of halogens is 2. The molecule has 1 fully saturated rings. The maximum Gasteiger partial charge on any atom is 0.421 e. The van der Waals surface area contributed by atoms with Gasteiger partial charge in [0.2, 0.25) is 5.92 Å². The standard InChI is InChI=1S/C23H29F2N5O5S/c1-15-6-7-17(19(27-15)30-12-5-9-23(24,25)10-13-30)20(31)28-16-8-11-26-18(14-16)36(33,34)29-21(32)35-22(2,3)4/h6-8,11,14H,5,9-10,12-13H2,1-4H3,(H,29,32)(H,26,28,31). The Morgan fingerprint density at radius 3 is 2.56 bits per heavy atom. The van der Waals surface area contributed by atoms with E-state index in [1.165, 1.54) is 6.07 Å². The molecule has 2 aromatic heterocycles. The molecule has 2 N–H and O–H groups in total. The van der Waals surface area contributed by atoms with Crippen molar-refractivity contribution in [1.29, 1.82) is 0 Å². The number of carbonyl (C=O) groups excluding carboxylic acids is 2. The molecule has 0 bridgehead atoms. The molecule has 3 heterocycles. The topological polar surface area (TPSA) is 131 Å². The van der Waals surface area contributed by atoms with Gasteiger partial charge in [-0.15, -0.1) is 0 Å². The number of sulfonamides is 1. The number of aryl methyl sites for hydroxylation is 1. The van der Waals surface area contributed by atoms with Crippen molar-refractivity contribution in [3.8, 4) is 0 Å². The zero-order valence-electron chi connectivity index (χ0n) is 20.5. The molecule has 10 nitrogen and oxygen atoms in total. The van der Waals surface area contributed by atoms with Crippen LogP contribution >= 0.6 is 0 Å². The first-order valence-electron chi connectivity index (χ1n) is 11.3. The number of anilines is 2. The summed E-state index contributed by atoms with van der Waals surface area (Å²) < 4.78 is 59.6. The van der Waals surface area contributed by atoms with Crippen molar-refractivity contribution in [2.24, 2.45) is 0 Å². The molecule has 0 unspecified atom stereocenters. The molecule has 0 radical (unpaired) electrons. The van der Waals surface area contributed by atoms with Crippen LogP contribution in [-0.4, -0.2) is 55.0 Å². The molecule has 1 saturated heterocycles. The van der Waals surface area contributed by atoms with Gasteiger partial charge in [-0.2, -0.15) is 8.42 Å². The number of hydrogen-bond donors (Lipinski definition) is 2. The third-order valence-electron chi connectivity index (χ3n) is 5.16. The van der Waals surface area contributed by atoms with E-state index in [1.54, 1.807) is 49.4 Å². The quantitative estimate of drug-likeness (QED) is 0.602. The molecule has 0 atom stereocenters. The second-order valence-electron chi connectivity index (χ2n) is 9.46. The van der Waals surface area contributed by atoms with Gasteiger partial charge in [-0.3, -0.25) is 4.79 Å². The summed E-state index contributed by atoms with van der Waals surface area (Å²) in [6.07, 6.45) is -0.343. The Hall–Kier alpha value is -3.35. The predicted octanol–water partition coefficient (Wildman–Crippen LogP) is 3.88. The summed E-state index contributed by atoms with van der Waals surface area (Å²) in [5.74, 6) is -3.10. The molecule has 3 rings (SSSR count). The number of nitrogens with zero attached hydrogens (tertiary/aromatic N) is 3. The van der Waals surface area contributed by atoms with E-state index in [9.17, 15) is 26.8 Å². The van der Waals surface area contributed by atoms with Gasteiger partial charge in [0.1, 0.15) is 11.4 Å². The van der Waals surface area contributed by atoms with Crippen molar-refractivity contribution >= 4 is 33.5 Å². The number of aromatic nitrogens is 2. The number of amides is 2. The number of ether oxygens (including phenoxy) is 1. The lowest BCUT2D eigenvalue weighted by Gasteiger charge is -2.24. The summed E-state index contributed by atoms with van der Waals surface area (Å²) in [5, 5.41) is 2.08. The monoisotopic (exact) mass is 525 g/mol. The fraction of sp³-hybridized carbons (Fsp3) is 0.478. The smallest absolute Gasteiger partial charge is 0.421 e. The number of carbonyl (C=O) groups is 2. The predicted molar refractivity (Wildman–Crippen MR) is 129 cm³/mol. The Morgan fingerprint density at radius 2 is 1.86 bits per heavy atom. The van der Waals surface area contributed by atoms with E-state index in [0.717, 1.165) is 12.3 Å². The van der Waals surface area contributed by atoms with E-state index in [0.29, 0.717) is 12.2 Å². The number of hydrogen-bond acceptors (Lipinski definition) is 8. The molecule has 0 spiro atoms. The molecule has 1 aliphatic rings. The zero-order valence-corrected chi connectivity index (χ0v) is 21.3. The first-order chi connectivity index (χ1) is 16.7. The van der Waals surface area contributed by atoms with Gasteiger partial charge in [0.15, 0.2) is 5.03 Å². The summed E-state index contributed by atoms with van der Waals surface area (Å²) in [4.78, 5) is 34.9. The van der Waals surface area contributed by atoms with Crippen molar-refractivity contribution in [3.05, 3.63) is 41.7 Å². The van der Waals surface area contributed by atoms with E-state index >= 15 is 0 Å². The lowest BCUT2D eigenvalue weighted by Crippen LogP contribution is -2.36. The normalized spacial score (nSPS) is 16.1. The molecule has 1 aliphatic heterocycles. The summed E-state index contributed by atoms with van der Waals surface area (Å²) in [5.41, 5.74) is -0.0539.